The Morgan fingerprint density at radius 3 is 2.69 bits per heavy atom. The summed E-state index contributed by atoms with van der Waals surface area (Å²) in [5.74, 6) is 2.72. The van der Waals surface area contributed by atoms with E-state index >= 15 is 0 Å². The van der Waals surface area contributed by atoms with Crippen LogP contribution in [0.3, 0.4) is 0 Å². The Balaban J connectivity index is 1.54. The van der Waals surface area contributed by atoms with E-state index in [1.54, 1.807) is 9.13 Å². The molecule has 7 nitrogen and oxygen atoms in total. The number of aliphatic hydroxyl groups is 1. The zero-order valence-corrected chi connectivity index (χ0v) is 16.5. The molecule has 0 radical (unpaired) electrons. The second-order valence-electron chi connectivity index (χ2n) is 8.24. The normalized spacial score (nSPS) is 19.0. The van der Waals surface area contributed by atoms with Crippen LogP contribution < -0.4 is 11.0 Å². The Labute approximate surface area is 169 Å². The van der Waals surface area contributed by atoms with Crippen LogP contribution in [0.1, 0.15) is 49.4 Å². The molecule has 0 bridgehead atoms. The highest BCUT2D eigenvalue weighted by Gasteiger charge is 2.33. The topological polar surface area (TPSA) is 85.0 Å². The third-order valence-electron chi connectivity index (χ3n) is 6.20. The molecule has 0 unspecified atom stereocenters. The van der Waals surface area contributed by atoms with Crippen LogP contribution >= 0.6 is 0 Å². The minimum atomic E-state index is -0.0677. The van der Waals surface area contributed by atoms with Gasteiger partial charge in [-0.15, -0.1) is 0 Å². The predicted octanol–water partition coefficient (Wildman–Crippen LogP) is 2.62. The van der Waals surface area contributed by atoms with E-state index in [4.69, 9.17) is 9.97 Å². The van der Waals surface area contributed by atoms with Crippen molar-refractivity contribution in [2.24, 2.45) is 0 Å². The van der Waals surface area contributed by atoms with E-state index in [2.05, 4.69) is 17.4 Å². The van der Waals surface area contributed by atoms with E-state index in [0.717, 1.165) is 36.6 Å². The molecule has 3 heterocycles. The molecule has 29 heavy (non-hydrogen) atoms. The summed E-state index contributed by atoms with van der Waals surface area (Å²) in [4.78, 5) is 23.0. The fourth-order valence-corrected chi connectivity index (χ4v) is 4.74. The second kappa shape index (κ2) is 7.63. The average Bonchev–Trinajstić information content (AvgIpc) is 3.47. The molecular formula is C22H27N5O2. The van der Waals surface area contributed by atoms with Crippen molar-refractivity contribution in [2.75, 3.05) is 11.9 Å². The van der Waals surface area contributed by atoms with Crippen LogP contribution in [-0.2, 0) is 19.5 Å². The van der Waals surface area contributed by atoms with E-state index in [-0.39, 0.29) is 18.3 Å². The number of imidazole rings is 1. The number of benzene rings is 1. The van der Waals surface area contributed by atoms with E-state index in [1.165, 1.54) is 18.4 Å². The summed E-state index contributed by atoms with van der Waals surface area (Å²) in [6.45, 7) is 1.12. The van der Waals surface area contributed by atoms with Gasteiger partial charge in [0.15, 0.2) is 5.82 Å². The standard InChI is InChI=1S/C22H27N5O2/c28-12-6-11-26-21-18(24-19(25-21)16-9-4-5-10-16)20-23-17(14-27(20)22(26)29)13-15-7-2-1-3-8-15/h1-3,7-8,16-17,23,28H,4-6,9-14H2/t17-/m1/s1. The first-order chi connectivity index (χ1) is 14.2. The highest BCUT2D eigenvalue weighted by atomic mass is 16.3. The van der Waals surface area contributed by atoms with Crippen LogP contribution in [0.15, 0.2) is 35.1 Å². The Morgan fingerprint density at radius 2 is 1.93 bits per heavy atom. The molecule has 1 aromatic rings. The van der Waals surface area contributed by atoms with E-state index < -0.39 is 0 Å². The van der Waals surface area contributed by atoms with Crippen LogP contribution in [0.5, 0.6) is 0 Å². The number of hydrogen-bond acceptors (Lipinski definition) is 5. The van der Waals surface area contributed by atoms with E-state index in [9.17, 15) is 9.90 Å². The van der Waals surface area contributed by atoms with Crippen LogP contribution in [0, 0.1) is 0 Å². The van der Waals surface area contributed by atoms with Gasteiger partial charge in [0.25, 0.3) is 0 Å². The minimum absolute atomic E-state index is 0.0498. The van der Waals surface area contributed by atoms with Gasteiger partial charge in [0.2, 0.25) is 0 Å². The van der Waals surface area contributed by atoms with Crippen molar-refractivity contribution < 1.29 is 5.11 Å². The van der Waals surface area contributed by atoms with Crippen molar-refractivity contribution in [1.82, 2.24) is 19.1 Å². The molecule has 0 spiro atoms. The lowest BCUT2D eigenvalue weighted by Crippen LogP contribution is -2.32. The number of nitrogens with one attached hydrogen (secondary N) is 1. The smallest absolute Gasteiger partial charge is 0.331 e. The number of rotatable bonds is 6. The van der Waals surface area contributed by atoms with Gasteiger partial charge in [-0.3, -0.25) is 9.13 Å². The number of hydrogen-bond donors (Lipinski definition) is 2. The van der Waals surface area contributed by atoms with E-state index in [1.807, 2.05) is 18.2 Å². The Morgan fingerprint density at radius 1 is 1.14 bits per heavy atom. The summed E-state index contributed by atoms with van der Waals surface area (Å²) in [5, 5.41) is 12.8. The number of nitrogens with zero attached hydrogens (tertiary/aromatic N) is 4. The lowest BCUT2D eigenvalue weighted by Gasteiger charge is -2.13. The molecule has 1 aromatic carbocycles. The van der Waals surface area contributed by atoms with Gasteiger partial charge in [-0.05, 0) is 31.2 Å². The maximum absolute atomic E-state index is 13.2. The van der Waals surface area contributed by atoms with Crippen LogP contribution in [0.25, 0.3) is 11.5 Å². The molecule has 0 aromatic heterocycles. The monoisotopic (exact) mass is 393 g/mol. The van der Waals surface area contributed by atoms with Gasteiger partial charge in [-0.1, -0.05) is 43.2 Å². The molecule has 5 rings (SSSR count). The summed E-state index contributed by atoms with van der Waals surface area (Å²) in [6.07, 6.45) is 6.06. The lowest BCUT2D eigenvalue weighted by molar-refractivity contribution is 0.278. The largest absolute Gasteiger partial charge is 0.396 e. The number of aromatic nitrogens is 4. The summed E-state index contributed by atoms with van der Waals surface area (Å²) < 4.78 is 3.51. The van der Waals surface area contributed by atoms with E-state index in [0.29, 0.717) is 31.3 Å². The fourth-order valence-electron chi connectivity index (χ4n) is 4.74. The highest BCUT2D eigenvalue weighted by molar-refractivity contribution is 5.70. The van der Waals surface area contributed by atoms with Gasteiger partial charge >= 0.3 is 5.69 Å². The summed E-state index contributed by atoms with van der Waals surface area (Å²) in [7, 11) is 0. The molecule has 3 aliphatic heterocycles. The van der Waals surface area contributed by atoms with Gasteiger partial charge < -0.3 is 10.4 Å². The van der Waals surface area contributed by atoms with Crippen LogP contribution in [0.4, 0.5) is 5.82 Å². The van der Waals surface area contributed by atoms with Gasteiger partial charge in [0, 0.05) is 31.7 Å². The molecule has 0 saturated heterocycles. The highest BCUT2D eigenvalue weighted by Crippen LogP contribution is 2.37. The quantitative estimate of drug-likeness (QED) is 0.672. The molecule has 4 aliphatic rings. The molecule has 1 aliphatic carbocycles. The zero-order chi connectivity index (χ0) is 19.8. The second-order valence-corrected chi connectivity index (χ2v) is 8.24. The van der Waals surface area contributed by atoms with Crippen molar-refractivity contribution in [3.63, 3.8) is 0 Å². The Bertz CT molecular complexity index is 1020. The van der Waals surface area contributed by atoms with Gasteiger partial charge in [0.05, 0.1) is 0 Å². The van der Waals surface area contributed by atoms with Crippen molar-refractivity contribution in [1.29, 1.82) is 0 Å². The predicted molar refractivity (Wildman–Crippen MR) is 111 cm³/mol. The van der Waals surface area contributed by atoms with Crippen molar-refractivity contribution >= 4 is 5.82 Å². The van der Waals surface area contributed by atoms with Crippen LogP contribution in [0.2, 0.25) is 0 Å². The Kier molecular flexibility index (Phi) is 4.83. The Hall–Kier alpha value is -2.67. The summed E-state index contributed by atoms with van der Waals surface area (Å²) in [6, 6.07) is 10.5. The van der Waals surface area contributed by atoms with Crippen molar-refractivity contribution in [3.8, 4) is 11.5 Å². The van der Waals surface area contributed by atoms with Gasteiger partial charge in [0.1, 0.15) is 17.3 Å². The van der Waals surface area contributed by atoms with Crippen LogP contribution in [-0.4, -0.2) is 36.9 Å². The van der Waals surface area contributed by atoms with Crippen molar-refractivity contribution in [3.05, 3.63) is 52.2 Å². The zero-order valence-electron chi connectivity index (χ0n) is 16.5. The maximum atomic E-state index is 13.2. The number of aliphatic hydroxyl groups excluding tert-OH is 1. The molecular weight excluding hydrogens is 366 g/mol. The van der Waals surface area contributed by atoms with Crippen molar-refractivity contribution in [2.45, 2.75) is 63.6 Å². The SMILES string of the molecule is O=c1n(CCCO)c2nc(C3CCCC3)nc-2c2n1C[C@@H](Cc1ccccc1)N2. The number of fused-ring (bicyclic) bond motifs is 3. The summed E-state index contributed by atoms with van der Waals surface area (Å²) in [5.41, 5.74) is 1.97. The fraction of sp³-hybridized carbons (Fsp3) is 0.500. The molecule has 1 atom stereocenters. The molecule has 152 valence electrons. The third-order valence-corrected chi connectivity index (χ3v) is 6.20. The molecule has 0 amide bonds. The number of anilines is 1. The first-order valence-corrected chi connectivity index (χ1v) is 10.7. The first kappa shape index (κ1) is 18.4. The summed E-state index contributed by atoms with van der Waals surface area (Å²) >= 11 is 0. The lowest BCUT2D eigenvalue weighted by atomic mass is 10.1. The maximum Gasteiger partial charge on any atom is 0.331 e. The first-order valence-electron chi connectivity index (χ1n) is 10.7. The van der Waals surface area contributed by atoms with Gasteiger partial charge in [-0.2, -0.15) is 0 Å². The molecule has 7 heteroatoms. The average molecular weight is 393 g/mol. The third kappa shape index (κ3) is 3.33. The molecule has 2 N–H and O–H groups in total. The van der Waals surface area contributed by atoms with Gasteiger partial charge in [-0.25, -0.2) is 14.8 Å². The molecule has 1 saturated carbocycles. The minimum Gasteiger partial charge on any atom is -0.396 e. The molecule has 1 fully saturated rings.